The SMILES string of the molecule is CCCCCCCCc1noc(N)c1C(C)C. The number of aryl methyl sites for hydroxylation is 1. The summed E-state index contributed by atoms with van der Waals surface area (Å²) in [7, 11) is 0. The van der Waals surface area contributed by atoms with Gasteiger partial charge in [-0.25, -0.2) is 0 Å². The Labute approximate surface area is 105 Å². The second-order valence-electron chi connectivity index (χ2n) is 5.08. The minimum atomic E-state index is 0.399. The third-order valence-corrected chi connectivity index (χ3v) is 3.18. The molecule has 1 aromatic rings. The summed E-state index contributed by atoms with van der Waals surface area (Å²) in [6, 6.07) is 0. The first-order valence-electron chi connectivity index (χ1n) is 6.90. The number of anilines is 1. The lowest BCUT2D eigenvalue weighted by Gasteiger charge is -2.05. The van der Waals surface area contributed by atoms with E-state index in [1.54, 1.807) is 0 Å². The molecule has 0 aromatic carbocycles. The topological polar surface area (TPSA) is 52.0 Å². The summed E-state index contributed by atoms with van der Waals surface area (Å²) in [5.74, 6) is 0.900. The molecule has 1 aromatic heterocycles. The van der Waals surface area contributed by atoms with Crippen LogP contribution in [0.5, 0.6) is 0 Å². The lowest BCUT2D eigenvalue weighted by atomic mass is 9.99. The fraction of sp³-hybridized carbons (Fsp3) is 0.786. The lowest BCUT2D eigenvalue weighted by Crippen LogP contribution is -1.97. The zero-order chi connectivity index (χ0) is 12.7. The van der Waals surface area contributed by atoms with Crippen LogP contribution in [0.25, 0.3) is 0 Å². The van der Waals surface area contributed by atoms with E-state index in [1.165, 1.54) is 38.5 Å². The zero-order valence-electron chi connectivity index (χ0n) is 11.5. The molecule has 1 rings (SSSR count). The number of nitrogens with zero attached hydrogens (tertiary/aromatic N) is 1. The van der Waals surface area contributed by atoms with Crippen LogP contribution in [-0.2, 0) is 6.42 Å². The fourth-order valence-electron chi connectivity index (χ4n) is 2.22. The van der Waals surface area contributed by atoms with Gasteiger partial charge >= 0.3 is 0 Å². The van der Waals surface area contributed by atoms with Gasteiger partial charge < -0.3 is 10.3 Å². The molecule has 0 radical (unpaired) electrons. The Bertz CT molecular complexity index is 318. The highest BCUT2D eigenvalue weighted by Gasteiger charge is 2.15. The van der Waals surface area contributed by atoms with Crippen molar-refractivity contribution in [2.45, 2.75) is 71.6 Å². The number of rotatable bonds is 8. The van der Waals surface area contributed by atoms with Gasteiger partial charge in [0.05, 0.1) is 5.69 Å². The molecule has 1 heterocycles. The van der Waals surface area contributed by atoms with Gasteiger partial charge in [-0.15, -0.1) is 0 Å². The van der Waals surface area contributed by atoms with E-state index in [2.05, 4.69) is 25.9 Å². The van der Waals surface area contributed by atoms with Crippen LogP contribution >= 0.6 is 0 Å². The van der Waals surface area contributed by atoms with Crippen molar-refractivity contribution in [2.75, 3.05) is 5.73 Å². The van der Waals surface area contributed by atoms with Gasteiger partial charge in [-0.1, -0.05) is 58.0 Å². The van der Waals surface area contributed by atoms with Crippen LogP contribution in [0, 0.1) is 0 Å². The second-order valence-corrected chi connectivity index (χ2v) is 5.08. The smallest absolute Gasteiger partial charge is 0.225 e. The van der Waals surface area contributed by atoms with Crippen molar-refractivity contribution in [1.82, 2.24) is 5.16 Å². The van der Waals surface area contributed by atoms with E-state index in [1.807, 2.05) is 0 Å². The molecule has 0 aliphatic rings. The number of aromatic nitrogens is 1. The van der Waals surface area contributed by atoms with E-state index in [0.29, 0.717) is 11.8 Å². The molecule has 0 aliphatic heterocycles. The van der Waals surface area contributed by atoms with Crippen molar-refractivity contribution in [3.8, 4) is 0 Å². The summed E-state index contributed by atoms with van der Waals surface area (Å²) in [6.07, 6.45) is 8.82. The van der Waals surface area contributed by atoms with Crippen molar-refractivity contribution in [3.63, 3.8) is 0 Å². The Kier molecular flexibility index (Phi) is 6.09. The maximum absolute atomic E-state index is 5.78. The maximum atomic E-state index is 5.78. The van der Waals surface area contributed by atoms with E-state index < -0.39 is 0 Å². The average Bonchev–Trinajstić information content (AvgIpc) is 2.65. The molecule has 0 atom stereocenters. The summed E-state index contributed by atoms with van der Waals surface area (Å²) in [5.41, 5.74) is 7.96. The molecule has 0 bridgehead atoms. The molecule has 0 amide bonds. The van der Waals surface area contributed by atoms with Gasteiger partial charge in [-0.2, -0.15) is 0 Å². The van der Waals surface area contributed by atoms with Crippen molar-refractivity contribution < 1.29 is 4.52 Å². The molecule has 0 unspecified atom stereocenters. The maximum Gasteiger partial charge on any atom is 0.225 e. The average molecular weight is 238 g/mol. The zero-order valence-corrected chi connectivity index (χ0v) is 11.5. The first kappa shape index (κ1) is 14.1. The number of nitrogens with two attached hydrogens (primary N) is 1. The largest absolute Gasteiger partial charge is 0.367 e. The molecule has 3 nitrogen and oxygen atoms in total. The number of hydrogen-bond acceptors (Lipinski definition) is 3. The number of unbranched alkanes of at least 4 members (excludes halogenated alkanes) is 5. The Morgan fingerprint density at radius 3 is 2.41 bits per heavy atom. The number of nitrogen functional groups attached to an aromatic ring is 1. The Morgan fingerprint density at radius 1 is 1.12 bits per heavy atom. The summed E-state index contributed by atoms with van der Waals surface area (Å²) in [6.45, 7) is 6.51. The Balaban J connectivity index is 2.32. The molecular formula is C14H26N2O. The van der Waals surface area contributed by atoms with Gasteiger partial charge in [0.2, 0.25) is 5.88 Å². The van der Waals surface area contributed by atoms with Crippen molar-refractivity contribution in [1.29, 1.82) is 0 Å². The molecule has 0 saturated carbocycles. The standard InChI is InChI=1S/C14H26N2O/c1-4-5-6-7-8-9-10-12-13(11(2)3)14(15)17-16-12/h11H,4-10,15H2,1-3H3. The molecule has 0 aliphatic carbocycles. The monoisotopic (exact) mass is 238 g/mol. The van der Waals surface area contributed by atoms with Gasteiger partial charge in [0, 0.05) is 5.56 Å². The van der Waals surface area contributed by atoms with Gasteiger partial charge in [0.25, 0.3) is 0 Å². The first-order valence-corrected chi connectivity index (χ1v) is 6.90. The second kappa shape index (κ2) is 7.36. The molecular weight excluding hydrogens is 212 g/mol. The van der Waals surface area contributed by atoms with Gasteiger partial charge in [-0.05, 0) is 18.8 Å². The van der Waals surface area contributed by atoms with Crippen LogP contribution in [0.3, 0.4) is 0 Å². The highest BCUT2D eigenvalue weighted by Crippen LogP contribution is 2.26. The summed E-state index contributed by atoms with van der Waals surface area (Å²) in [4.78, 5) is 0. The molecule has 17 heavy (non-hydrogen) atoms. The van der Waals surface area contributed by atoms with E-state index in [9.17, 15) is 0 Å². The minimum Gasteiger partial charge on any atom is -0.367 e. The van der Waals surface area contributed by atoms with Crippen molar-refractivity contribution in [3.05, 3.63) is 11.3 Å². The predicted octanol–water partition coefficient (Wildman–Crippen LogP) is 4.28. The van der Waals surface area contributed by atoms with Gasteiger partial charge in [0.15, 0.2) is 0 Å². The molecule has 98 valence electrons. The summed E-state index contributed by atoms with van der Waals surface area (Å²) < 4.78 is 5.08. The third kappa shape index (κ3) is 4.41. The van der Waals surface area contributed by atoms with E-state index in [-0.39, 0.29) is 0 Å². The molecule has 3 heteroatoms. The van der Waals surface area contributed by atoms with Crippen LogP contribution < -0.4 is 5.73 Å². The van der Waals surface area contributed by atoms with Crippen LogP contribution in [0.2, 0.25) is 0 Å². The first-order chi connectivity index (χ1) is 8.16. The van der Waals surface area contributed by atoms with Crippen molar-refractivity contribution >= 4 is 5.88 Å². The molecule has 2 N–H and O–H groups in total. The Morgan fingerprint density at radius 2 is 1.76 bits per heavy atom. The highest BCUT2D eigenvalue weighted by molar-refractivity contribution is 5.41. The van der Waals surface area contributed by atoms with E-state index in [0.717, 1.165) is 17.7 Å². The van der Waals surface area contributed by atoms with Gasteiger partial charge in [-0.3, -0.25) is 0 Å². The van der Waals surface area contributed by atoms with Crippen LogP contribution in [0.1, 0.15) is 76.5 Å². The lowest BCUT2D eigenvalue weighted by molar-refractivity contribution is 0.425. The quantitative estimate of drug-likeness (QED) is 0.687. The van der Waals surface area contributed by atoms with Gasteiger partial charge in [0.1, 0.15) is 0 Å². The van der Waals surface area contributed by atoms with E-state index >= 15 is 0 Å². The van der Waals surface area contributed by atoms with E-state index in [4.69, 9.17) is 10.3 Å². The van der Waals surface area contributed by atoms with Crippen LogP contribution in [-0.4, -0.2) is 5.16 Å². The van der Waals surface area contributed by atoms with Crippen molar-refractivity contribution in [2.24, 2.45) is 0 Å². The third-order valence-electron chi connectivity index (χ3n) is 3.18. The highest BCUT2D eigenvalue weighted by atomic mass is 16.5. The summed E-state index contributed by atoms with van der Waals surface area (Å²) >= 11 is 0. The number of hydrogen-bond donors (Lipinski definition) is 1. The Hall–Kier alpha value is -0.990. The van der Waals surface area contributed by atoms with Crippen LogP contribution in [0.15, 0.2) is 4.52 Å². The van der Waals surface area contributed by atoms with Crippen LogP contribution in [0.4, 0.5) is 5.88 Å². The predicted molar refractivity (Wildman–Crippen MR) is 72.1 cm³/mol. The molecule has 0 spiro atoms. The fourth-order valence-corrected chi connectivity index (χ4v) is 2.22. The molecule has 0 saturated heterocycles. The molecule has 0 fully saturated rings. The normalized spacial score (nSPS) is 11.3. The minimum absolute atomic E-state index is 0.399. The summed E-state index contributed by atoms with van der Waals surface area (Å²) in [5, 5.41) is 4.07.